The number of benzene rings is 1. The van der Waals surface area contributed by atoms with Gasteiger partial charge in [0.2, 0.25) is 0 Å². The molecule has 0 saturated carbocycles. The highest BCUT2D eigenvalue weighted by molar-refractivity contribution is 8.14. The number of pyridine rings is 1. The minimum absolute atomic E-state index is 0.0441. The van der Waals surface area contributed by atoms with E-state index in [1.165, 1.54) is 23.6 Å². The first-order chi connectivity index (χ1) is 15.8. The highest BCUT2D eigenvalue weighted by Crippen LogP contribution is 2.37. The summed E-state index contributed by atoms with van der Waals surface area (Å²) in [6, 6.07) is 10.2. The summed E-state index contributed by atoms with van der Waals surface area (Å²) in [6.45, 7) is 2.58. The molecule has 33 heavy (non-hydrogen) atoms. The zero-order chi connectivity index (χ0) is 23.6. The molecule has 11 heteroatoms. The summed E-state index contributed by atoms with van der Waals surface area (Å²) in [6.07, 6.45) is 1.45. The molecule has 9 nitrogen and oxygen atoms in total. The van der Waals surface area contributed by atoms with Crippen molar-refractivity contribution in [2.75, 3.05) is 44.0 Å². The average molecular weight is 491 g/mol. The van der Waals surface area contributed by atoms with Gasteiger partial charge in [-0.25, -0.2) is 4.98 Å². The van der Waals surface area contributed by atoms with Crippen molar-refractivity contribution in [2.45, 2.75) is 17.5 Å². The molecule has 176 valence electrons. The molecule has 0 unspecified atom stereocenters. The zero-order valence-electron chi connectivity index (χ0n) is 18.6. The summed E-state index contributed by atoms with van der Waals surface area (Å²) in [7, 11) is -0.828. The Morgan fingerprint density at radius 2 is 2.09 bits per heavy atom. The number of aliphatic imine (C=N–C) groups is 1. The molecule has 0 aliphatic carbocycles. The molecule has 1 aliphatic rings. The van der Waals surface area contributed by atoms with E-state index in [9.17, 15) is 13.5 Å². The standard InChI is InChI=1S/C22H26N4O5S2/c1-22(13-27)14-32-21(25-22)17-11-15-10-16(31-9-8-30-3)12-18(20(15)24-17)26(2)33(28,29)19-6-4-5-7-23-19/h4-7,10-12,24,27H,8-9,13-14H2,1-3H3/t22-/m1/s1. The highest BCUT2D eigenvalue weighted by Gasteiger charge is 2.32. The molecule has 3 heterocycles. The van der Waals surface area contributed by atoms with Gasteiger partial charge in [0.15, 0.2) is 5.03 Å². The predicted octanol–water partition coefficient (Wildman–Crippen LogP) is 2.66. The maximum Gasteiger partial charge on any atom is 0.281 e. The minimum atomic E-state index is -3.90. The lowest BCUT2D eigenvalue weighted by Gasteiger charge is -2.20. The lowest BCUT2D eigenvalue weighted by molar-refractivity contribution is 0.146. The second kappa shape index (κ2) is 9.34. The minimum Gasteiger partial charge on any atom is -0.491 e. The Morgan fingerprint density at radius 1 is 1.27 bits per heavy atom. The van der Waals surface area contributed by atoms with Crippen LogP contribution in [0.25, 0.3) is 10.9 Å². The summed E-state index contributed by atoms with van der Waals surface area (Å²) in [5.74, 6) is 1.19. The van der Waals surface area contributed by atoms with Crippen molar-refractivity contribution in [3.63, 3.8) is 0 Å². The number of rotatable bonds is 9. The van der Waals surface area contributed by atoms with E-state index in [4.69, 9.17) is 9.47 Å². The van der Waals surface area contributed by atoms with Gasteiger partial charge in [-0.15, -0.1) is 11.8 Å². The number of aromatic nitrogens is 2. The third kappa shape index (κ3) is 4.72. The molecule has 0 fully saturated rings. The van der Waals surface area contributed by atoms with E-state index in [2.05, 4.69) is 15.0 Å². The lowest BCUT2D eigenvalue weighted by atomic mass is 10.1. The van der Waals surface area contributed by atoms with Crippen molar-refractivity contribution >= 4 is 43.4 Å². The molecule has 0 amide bonds. The van der Waals surface area contributed by atoms with Crippen LogP contribution < -0.4 is 9.04 Å². The number of aliphatic hydroxyl groups is 1. The van der Waals surface area contributed by atoms with Crippen LogP contribution in [-0.4, -0.2) is 73.8 Å². The van der Waals surface area contributed by atoms with Crippen LogP contribution in [0.4, 0.5) is 5.69 Å². The van der Waals surface area contributed by atoms with E-state index in [-0.39, 0.29) is 11.6 Å². The Kier molecular flexibility index (Phi) is 6.66. The van der Waals surface area contributed by atoms with Crippen LogP contribution in [0.2, 0.25) is 0 Å². The molecule has 1 atom stereocenters. The second-order valence-corrected chi connectivity index (χ2v) is 10.8. The van der Waals surface area contributed by atoms with Gasteiger partial charge in [-0.3, -0.25) is 9.30 Å². The topological polar surface area (TPSA) is 117 Å². The quantitative estimate of drug-likeness (QED) is 0.443. The summed E-state index contributed by atoms with van der Waals surface area (Å²) >= 11 is 1.55. The first-order valence-electron chi connectivity index (χ1n) is 10.3. The average Bonchev–Trinajstić information content (AvgIpc) is 3.43. The van der Waals surface area contributed by atoms with E-state index in [1.807, 2.05) is 19.1 Å². The number of nitrogens with one attached hydrogen (secondary N) is 1. The lowest BCUT2D eigenvalue weighted by Crippen LogP contribution is -2.27. The van der Waals surface area contributed by atoms with Crippen LogP contribution in [0.1, 0.15) is 12.6 Å². The van der Waals surface area contributed by atoms with Gasteiger partial charge in [0.1, 0.15) is 17.4 Å². The highest BCUT2D eigenvalue weighted by atomic mass is 32.2. The monoisotopic (exact) mass is 490 g/mol. The van der Waals surface area contributed by atoms with Crippen LogP contribution in [-0.2, 0) is 14.8 Å². The maximum atomic E-state index is 13.3. The van der Waals surface area contributed by atoms with Gasteiger partial charge >= 0.3 is 0 Å². The number of methoxy groups -OCH3 is 1. The Bertz CT molecular complexity index is 1280. The molecule has 1 aliphatic heterocycles. The third-order valence-electron chi connectivity index (χ3n) is 5.30. The van der Waals surface area contributed by atoms with Gasteiger partial charge in [-0.1, -0.05) is 6.07 Å². The van der Waals surface area contributed by atoms with Crippen molar-refractivity contribution in [3.05, 3.63) is 48.3 Å². The van der Waals surface area contributed by atoms with Crippen molar-refractivity contribution in [1.82, 2.24) is 9.97 Å². The molecule has 0 spiro atoms. The SMILES string of the molecule is COCCOc1cc(N(C)S(=O)(=O)c2ccccn2)c2[nH]c(C3=N[C@](C)(CO)CS3)cc2c1. The number of thioether (sulfide) groups is 1. The second-order valence-electron chi connectivity index (χ2n) is 7.93. The van der Waals surface area contributed by atoms with Crippen molar-refractivity contribution in [1.29, 1.82) is 0 Å². The van der Waals surface area contributed by atoms with E-state index >= 15 is 0 Å². The molecular formula is C22H26N4O5S2. The summed E-state index contributed by atoms with van der Waals surface area (Å²) < 4.78 is 38.6. The fourth-order valence-corrected chi connectivity index (χ4v) is 5.69. The van der Waals surface area contributed by atoms with Gasteiger partial charge in [0.25, 0.3) is 10.0 Å². The molecule has 3 aromatic rings. The maximum absolute atomic E-state index is 13.3. The first kappa shape index (κ1) is 23.6. The number of anilines is 1. The van der Waals surface area contributed by atoms with Gasteiger partial charge < -0.3 is 19.6 Å². The largest absolute Gasteiger partial charge is 0.491 e. The number of fused-ring (bicyclic) bond motifs is 1. The Labute approximate surface area is 196 Å². The summed E-state index contributed by atoms with van der Waals surface area (Å²) in [5, 5.41) is 11.1. The Morgan fingerprint density at radius 3 is 2.76 bits per heavy atom. The molecular weight excluding hydrogens is 464 g/mol. The third-order valence-corrected chi connectivity index (χ3v) is 8.34. The fraction of sp³-hybridized carbons (Fsp3) is 0.364. The van der Waals surface area contributed by atoms with E-state index in [0.717, 1.165) is 16.1 Å². The van der Waals surface area contributed by atoms with Crippen LogP contribution in [0, 0.1) is 0 Å². The number of aromatic amines is 1. The van der Waals surface area contributed by atoms with Crippen LogP contribution in [0.5, 0.6) is 5.75 Å². The van der Waals surface area contributed by atoms with Crippen LogP contribution in [0.15, 0.2) is 52.6 Å². The Hall–Kier alpha value is -2.60. The molecule has 0 saturated heterocycles. The number of aliphatic hydroxyl groups excluding tert-OH is 1. The molecule has 2 N–H and O–H groups in total. The fourth-order valence-electron chi connectivity index (χ4n) is 3.41. The number of nitrogens with zero attached hydrogens (tertiary/aromatic N) is 3. The first-order valence-corrected chi connectivity index (χ1v) is 12.7. The number of hydrogen-bond acceptors (Lipinski definition) is 8. The van der Waals surface area contributed by atoms with Gasteiger partial charge in [-0.2, -0.15) is 8.42 Å². The van der Waals surface area contributed by atoms with Gasteiger partial charge in [-0.05, 0) is 31.2 Å². The molecule has 4 rings (SSSR count). The van der Waals surface area contributed by atoms with Crippen molar-refractivity contribution in [2.24, 2.45) is 4.99 Å². The smallest absolute Gasteiger partial charge is 0.281 e. The molecule has 1 aromatic carbocycles. The number of sulfonamides is 1. The number of H-pyrrole nitrogens is 1. The normalized spacial score (nSPS) is 18.5. The number of ether oxygens (including phenoxy) is 2. The number of hydrogen-bond donors (Lipinski definition) is 2. The van der Waals surface area contributed by atoms with Crippen LogP contribution in [0.3, 0.4) is 0 Å². The predicted molar refractivity (Wildman–Crippen MR) is 130 cm³/mol. The van der Waals surface area contributed by atoms with Crippen molar-refractivity contribution in [3.8, 4) is 5.75 Å². The van der Waals surface area contributed by atoms with E-state index in [1.54, 1.807) is 37.1 Å². The van der Waals surface area contributed by atoms with Gasteiger partial charge in [0, 0.05) is 37.6 Å². The zero-order valence-corrected chi connectivity index (χ0v) is 20.2. The summed E-state index contributed by atoms with van der Waals surface area (Å²) in [4.78, 5) is 12.0. The molecule has 0 bridgehead atoms. The summed E-state index contributed by atoms with van der Waals surface area (Å²) in [5.41, 5.74) is 1.27. The van der Waals surface area contributed by atoms with Crippen LogP contribution >= 0.6 is 11.8 Å². The van der Waals surface area contributed by atoms with Gasteiger partial charge in [0.05, 0.1) is 35.7 Å². The van der Waals surface area contributed by atoms with E-state index < -0.39 is 15.6 Å². The Balaban J connectivity index is 1.81. The van der Waals surface area contributed by atoms with Crippen molar-refractivity contribution < 1.29 is 23.0 Å². The molecule has 2 aromatic heterocycles. The van der Waals surface area contributed by atoms with E-state index in [0.29, 0.717) is 35.9 Å². The molecule has 0 radical (unpaired) electrons.